The van der Waals surface area contributed by atoms with Gasteiger partial charge in [-0.25, -0.2) is 0 Å². The number of nitrogens with one attached hydrogen (secondary N) is 1. The Morgan fingerprint density at radius 1 is 1.35 bits per heavy atom. The Labute approximate surface area is 111 Å². The smallest absolute Gasteiger partial charge is 0.0586 e. The van der Waals surface area contributed by atoms with Gasteiger partial charge in [0, 0.05) is 25.1 Å². The fraction of sp³-hybridized carbons (Fsp3) is 1.00. The second-order valence-electron chi connectivity index (χ2n) is 6.28. The van der Waals surface area contributed by atoms with Gasteiger partial charge >= 0.3 is 0 Å². The molecular weight excluding hydrogens is 234 g/mol. The van der Waals surface area contributed by atoms with Crippen molar-refractivity contribution in [2.75, 3.05) is 13.0 Å². The Morgan fingerprint density at radius 2 is 2.06 bits per heavy atom. The van der Waals surface area contributed by atoms with E-state index in [2.05, 4.69) is 26.1 Å². The number of alkyl halides is 1. The van der Waals surface area contributed by atoms with E-state index in [4.69, 9.17) is 16.3 Å². The van der Waals surface area contributed by atoms with Gasteiger partial charge in [0.25, 0.3) is 0 Å². The van der Waals surface area contributed by atoms with Crippen LogP contribution in [0.25, 0.3) is 0 Å². The van der Waals surface area contributed by atoms with Crippen molar-refractivity contribution in [3.63, 3.8) is 0 Å². The lowest BCUT2D eigenvalue weighted by Gasteiger charge is -2.37. The Balaban J connectivity index is 2.48. The summed E-state index contributed by atoms with van der Waals surface area (Å²) < 4.78 is 5.48. The molecule has 0 saturated heterocycles. The van der Waals surface area contributed by atoms with Crippen LogP contribution in [0.1, 0.15) is 52.9 Å². The fourth-order valence-electron chi connectivity index (χ4n) is 2.67. The van der Waals surface area contributed by atoms with Gasteiger partial charge in [0.2, 0.25) is 0 Å². The molecule has 0 spiro atoms. The minimum absolute atomic E-state index is 0.273. The van der Waals surface area contributed by atoms with Crippen LogP contribution >= 0.6 is 11.6 Å². The first kappa shape index (κ1) is 15.3. The van der Waals surface area contributed by atoms with E-state index in [-0.39, 0.29) is 5.41 Å². The first-order chi connectivity index (χ1) is 7.97. The molecule has 0 aromatic carbocycles. The summed E-state index contributed by atoms with van der Waals surface area (Å²) in [6, 6.07) is 1.10. The molecule has 1 N–H and O–H groups in total. The molecule has 0 heterocycles. The Kier molecular flexibility index (Phi) is 6.25. The second-order valence-corrected chi connectivity index (χ2v) is 6.66. The number of hydrogen-bond acceptors (Lipinski definition) is 2. The average molecular weight is 262 g/mol. The normalized spacial score (nSPS) is 28.1. The summed E-state index contributed by atoms with van der Waals surface area (Å²) in [5.74, 6) is 0.732. The van der Waals surface area contributed by atoms with Crippen LogP contribution in [-0.4, -0.2) is 31.2 Å². The molecule has 102 valence electrons. The fourth-order valence-corrected chi connectivity index (χ4v) is 2.89. The molecule has 1 rings (SSSR count). The molecule has 0 bridgehead atoms. The van der Waals surface area contributed by atoms with Gasteiger partial charge < -0.3 is 10.1 Å². The van der Waals surface area contributed by atoms with E-state index in [1.807, 2.05) is 7.11 Å². The lowest BCUT2D eigenvalue weighted by molar-refractivity contribution is 0.0530. The SMILES string of the molecule is COC1CCCC(NC(CCCl)C(C)(C)C)C1. The van der Waals surface area contributed by atoms with Crippen molar-refractivity contribution in [3.05, 3.63) is 0 Å². The molecule has 1 fully saturated rings. The number of methoxy groups -OCH3 is 1. The van der Waals surface area contributed by atoms with Gasteiger partial charge in [-0.3, -0.25) is 0 Å². The predicted molar refractivity (Wildman–Crippen MR) is 74.8 cm³/mol. The molecule has 1 aliphatic carbocycles. The van der Waals surface area contributed by atoms with Gasteiger partial charge in [-0.15, -0.1) is 11.6 Å². The maximum absolute atomic E-state index is 5.91. The molecule has 0 amide bonds. The summed E-state index contributed by atoms with van der Waals surface area (Å²) in [7, 11) is 1.83. The maximum Gasteiger partial charge on any atom is 0.0586 e. The van der Waals surface area contributed by atoms with E-state index in [1.54, 1.807) is 0 Å². The molecule has 0 radical (unpaired) electrons. The Morgan fingerprint density at radius 3 is 2.59 bits per heavy atom. The molecular formula is C14H28ClNO. The lowest BCUT2D eigenvalue weighted by Crippen LogP contribution is -2.48. The first-order valence-corrected chi connectivity index (χ1v) is 7.35. The summed E-state index contributed by atoms with van der Waals surface area (Å²) in [5, 5.41) is 3.80. The summed E-state index contributed by atoms with van der Waals surface area (Å²) >= 11 is 5.91. The third-order valence-electron chi connectivity index (χ3n) is 3.84. The van der Waals surface area contributed by atoms with E-state index >= 15 is 0 Å². The monoisotopic (exact) mass is 261 g/mol. The van der Waals surface area contributed by atoms with Gasteiger partial charge in [-0.05, 0) is 37.5 Å². The van der Waals surface area contributed by atoms with Crippen LogP contribution in [0.5, 0.6) is 0 Å². The third kappa shape index (κ3) is 5.15. The predicted octanol–water partition coefficient (Wildman–Crippen LogP) is 3.58. The number of rotatable bonds is 5. The molecule has 3 heteroatoms. The van der Waals surface area contributed by atoms with Gasteiger partial charge in [0.1, 0.15) is 0 Å². The molecule has 1 saturated carbocycles. The first-order valence-electron chi connectivity index (χ1n) is 6.82. The molecule has 0 aromatic rings. The molecule has 3 unspecified atom stereocenters. The van der Waals surface area contributed by atoms with Gasteiger partial charge in [0.15, 0.2) is 0 Å². The maximum atomic E-state index is 5.91. The molecule has 0 aliphatic heterocycles. The second kappa shape index (κ2) is 6.96. The average Bonchev–Trinajstić information content (AvgIpc) is 2.27. The summed E-state index contributed by atoms with van der Waals surface area (Å²) in [6.45, 7) is 6.86. The Hall–Kier alpha value is 0.210. The highest BCUT2D eigenvalue weighted by molar-refractivity contribution is 6.17. The van der Waals surface area contributed by atoms with Gasteiger partial charge in [0.05, 0.1) is 6.10 Å². The van der Waals surface area contributed by atoms with Crippen molar-refractivity contribution < 1.29 is 4.74 Å². The van der Waals surface area contributed by atoms with E-state index in [0.29, 0.717) is 18.2 Å². The van der Waals surface area contributed by atoms with Crippen molar-refractivity contribution in [2.24, 2.45) is 5.41 Å². The third-order valence-corrected chi connectivity index (χ3v) is 4.06. The number of halogens is 1. The van der Waals surface area contributed by atoms with Crippen molar-refractivity contribution in [1.29, 1.82) is 0 Å². The number of hydrogen-bond donors (Lipinski definition) is 1. The number of ether oxygens (including phenoxy) is 1. The van der Waals surface area contributed by atoms with Crippen LogP contribution in [0.4, 0.5) is 0 Å². The highest BCUT2D eigenvalue weighted by Gasteiger charge is 2.29. The highest BCUT2D eigenvalue weighted by atomic mass is 35.5. The summed E-state index contributed by atoms with van der Waals surface area (Å²) in [5.41, 5.74) is 0.273. The molecule has 3 atom stereocenters. The van der Waals surface area contributed by atoms with Crippen LogP contribution in [-0.2, 0) is 4.74 Å². The molecule has 17 heavy (non-hydrogen) atoms. The molecule has 2 nitrogen and oxygen atoms in total. The quantitative estimate of drug-likeness (QED) is 0.764. The minimum Gasteiger partial charge on any atom is -0.381 e. The van der Waals surface area contributed by atoms with Gasteiger partial charge in [-0.2, -0.15) is 0 Å². The van der Waals surface area contributed by atoms with Crippen LogP contribution in [0, 0.1) is 5.41 Å². The van der Waals surface area contributed by atoms with Crippen LogP contribution in [0.15, 0.2) is 0 Å². The molecule has 1 aliphatic rings. The van der Waals surface area contributed by atoms with Crippen molar-refractivity contribution in [1.82, 2.24) is 5.32 Å². The van der Waals surface area contributed by atoms with E-state index < -0.39 is 0 Å². The van der Waals surface area contributed by atoms with E-state index in [1.165, 1.54) is 19.3 Å². The van der Waals surface area contributed by atoms with Crippen molar-refractivity contribution >= 4 is 11.6 Å². The van der Waals surface area contributed by atoms with Crippen LogP contribution < -0.4 is 5.32 Å². The Bertz CT molecular complexity index is 215. The summed E-state index contributed by atoms with van der Waals surface area (Å²) in [4.78, 5) is 0. The van der Waals surface area contributed by atoms with Crippen LogP contribution in [0.2, 0.25) is 0 Å². The summed E-state index contributed by atoms with van der Waals surface area (Å²) in [6.07, 6.45) is 6.38. The molecule has 0 aromatic heterocycles. The topological polar surface area (TPSA) is 21.3 Å². The van der Waals surface area contributed by atoms with Crippen molar-refractivity contribution in [3.8, 4) is 0 Å². The minimum atomic E-state index is 0.273. The zero-order valence-electron chi connectivity index (χ0n) is 11.8. The highest BCUT2D eigenvalue weighted by Crippen LogP contribution is 2.26. The standard InChI is InChI=1S/C14H28ClNO/c1-14(2,3)13(8-9-15)16-11-6-5-7-12(10-11)17-4/h11-13,16H,5-10H2,1-4H3. The zero-order chi connectivity index (χ0) is 12.9. The van der Waals surface area contributed by atoms with Gasteiger partial charge in [-0.1, -0.05) is 20.8 Å². The largest absolute Gasteiger partial charge is 0.381 e. The van der Waals surface area contributed by atoms with E-state index in [9.17, 15) is 0 Å². The zero-order valence-corrected chi connectivity index (χ0v) is 12.5. The van der Waals surface area contributed by atoms with E-state index in [0.717, 1.165) is 18.7 Å². The van der Waals surface area contributed by atoms with Crippen LogP contribution in [0.3, 0.4) is 0 Å². The van der Waals surface area contributed by atoms with Crippen molar-refractivity contribution in [2.45, 2.75) is 71.1 Å². The lowest BCUT2D eigenvalue weighted by atomic mass is 9.83.